The molecule has 0 radical (unpaired) electrons. The lowest BCUT2D eigenvalue weighted by atomic mass is 10.4. The summed E-state index contributed by atoms with van der Waals surface area (Å²) in [4.78, 5) is 26.0. The van der Waals surface area contributed by atoms with Gasteiger partial charge in [-0.25, -0.2) is 9.59 Å². The molecule has 1 aliphatic heterocycles. The fraction of sp³-hybridized carbons (Fsp3) is 0.400. The zero-order valence-corrected chi connectivity index (χ0v) is 27.3. The third-order valence-corrected chi connectivity index (χ3v) is 13.9. The van der Waals surface area contributed by atoms with Crippen molar-refractivity contribution in [2.45, 2.75) is 32.5 Å². The number of ether oxygens (including phenoxy) is 2. The summed E-state index contributed by atoms with van der Waals surface area (Å²) in [6.07, 6.45) is 2.19. The molecule has 4 nitrogen and oxygen atoms in total. The van der Waals surface area contributed by atoms with Crippen molar-refractivity contribution in [3.8, 4) is 0 Å². The molecule has 10 heteroatoms. The summed E-state index contributed by atoms with van der Waals surface area (Å²) in [6, 6.07) is 20.4. The number of rotatable bonds is 18. The van der Waals surface area contributed by atoms with E-state index in [0.717, 1.165) is 46.0 Å². The van der Waals surface area contributed by atoms with Gasteiger partial charge in [0.2, 0.25) is 0 Å². The van der Waals surface area contributed by atoms with Gasteiger partial charge in [0.15, 0.2) is 0 Å². The Labute approximate surface area is 264 Å². The van der Waals surface area contributed by atoms with Gasteiger partial charge in [-0.3, -0.25) is 0 Å². The Hall–Kier alpha value is -1.04. The monoisotopic (exact) mass is 652 g/mol. The van der Waals surface area contributed by atoms with Gasteiger partial charge in [0.05, 0.1) is 0 Å². The van der Waals surface area contributed by atoms with E-state index in [1.165, 1.54) is 21.9 Å². The molecule has 1 saturated heterocycles. The molecule has 2 aromatic carbocycles. The second-order valence-corrected chi connectivity index (χ2v) is 15.8. The molecule has 40 heavy (non-hydrogen) atoms. The molecule has 0 aromatic heterocycles. The lowest BCUT2D eigenvalue weighted by Gasteiger charge is -2.28. The van der Waals surface area contributed by atoms with Crippen molar-refractivity contribution >= 4 is 82.5 Å². The maximum absolute atomic E-state index is 11.8. The van der Waals surface area contributed by atoms with Crippen LogP contribution in [0, 0.1) is 0 Å². The molecule has 2 aromatic rings. The van der Waals surface area contributed by atoms with Gasteiger partial charge in [-0.05, 0) is 24.3 Å². The van der Waals surface area contributed by atoms with E-state index in [-0.39, 0.29) is 24.1 Å². The van der Waals surface area contributed by atoms with E-state index in [4.69, 9.17) is 9.47 Å². The van der Waals surface area contributed by atoms with E-state index >= 15 is 0 Å². The molecule has 0 spiro atoms. The maximum Gasteiger partial charge on any atom is 0.330 e. The predicted molar refractivity (Wildman–Crippen MR) is 182 cm³/mol. The maximum atomic E-state index is 11.8. The van der Waals surface area contributed by atoms with Crippen LogP contribution < -0.4 is 0 Å². The Morgan fingerprint density at radius 2 is 1.12 bits per heavy atom. The lowest BCUT2D eigenvalue weighted by Crippen LogP contribution is -2.27. The molecule has 0 bridgehead atoms. The topological polar surface area (TPSA) is 52.6 Å². The molecular weight excluding hydrogens is 617 g/mol. The van der Waals surface area contributed by atoms with Crippen molar-refractivity contribution in [2.24, 2.45) is 0 Å². The summed E-state index contributed by atoms with van der Waals surface area (Å²) in [5, 5.41) is 1.19. The van der Waals surface area contributed by atoms with Gasteiger partial charge in [0, 0.05) is 78.5 Å². The van der Waals surface area contributed by atoms with Crippen LogP contribution in [0.2, 0.25) is 0 Å². The average molecular weight is 653 g/mol. The summed E-state index contributed by atoms with van der Waals surface area (Å²) < 4.78 is 11.2. The van der Waals surface area contributed by atoms with Crippen LogP contribution in [0.3, 0.4) is 0 Å². The van der Waals surface area contributed by atoms with Gasteiger partial charge in [-0.2, -0.15) is 47.0 Å². The van der Waals surface area contributed by atoms with Crippen LogP contribution in [-0.4, -0.2) is 80.7 Å². The van der Waals surface area contributed by atoms with E-state index in [9.17, 15) is 9.59 Å². The first-order valence-electron chi connectivity index (χ1n) is 13.0. The predicted octanol–water partition coefficient (Wildman–Crippen LogP) is 7.45. The summed E-state index contributed by atoms with van der Waals surface area (Å²) in [5.74, 6) is 6.65. The van der Waals surface area contributed by atoms with Gasteiger partial charge in [-0.1, -0.05) is 49.6 Å². The van der Waals surface area contributed by atoms with E-state index < -0.39 is 0 Å². The first kappa shape index (κ1) is 33.5. The zero-order chi connectivity index (χ0) is 28.4. The molecule has 0 amide bonds. The molecule has 0 saturated carbocycles. The highest BCUT2D eigenvalue weighted by Gasteiger charge is 2.24. The van der Waals surface area contributed by atoms with Crippen LogP contribution >= 0.6 is 70.6 Å². The lowest BCUT2D eigenvalue weighted by molar-refractivity contribution is -0.141. The Morgan fingerprint density at radius 3 is 1.48 bits per heavy atom. The Balaban J connectivity index is 1.33. The zero-order valence-electron chi connectivity index (χ0n) is 22.4. The van der Waals surface area contributed by atoms with Gasteiger partial charge < -0.3 is 9.47 Å². The van der Waals surface area contributed by atoms with Gasteiger partial charge in [0.25, 0.3) is 0 Å². The number of carbonyl (C=O) groups excluding carboxylic acids is 2. The number of hydrogen-bond acceptors (Lipinski definition) is 10. The molecule has 0 aliphatic carbocycles. The number of hydrogen-bond donors (Lipinski definition) is 0. The molecule has 1 fully saturated rings. The number of carbonyl (C=O) groups is 2. The molecule has 3 rings (SSSR count). The van der Waals surface area contributed by atoms with Crippen molar-refractivity contribution in [2.75, 3.05) is 46.0 Å². The second kappa shape index (κ2) is 20.0. The van der Waals surface area contributed by atoms with Crippen molar-refractivity contribution in [1.29, 1.82) is 0 Å². The van der Waals surface area contributed by atoms with E-state index in [1.54, 1.807) is 23.5 Å². The van der Waals surface area contributed by atoms with Crippen molar-refractivity contribution in [3.63, 3.8) is 0 Å². The average Bonchev–Trinajstić information content (AvgIpc) is 3.00. The largest absolute Gasteiger partial charge is 0.457 e. The van der Waals surface area contributed by atoms with Crippen LogP contribution in [0.25, 0.3) is 0 Å². The summed E-state index contributed by atoms with van der Waals surface area (Å²) in [6.45, 7) is 7.08. The second-order valence-electron chi connectivity index (χ2n) is 8.76. The minimum Gasteiger partial charge on any atom is -0.457 e. The normalized spacial score (nSPS) is 18.3. The van der Waals surface area contributed by atoms with Crippen LogP contribution in [0.1, 0.15) is 0 Å². The third-order valence-electron chi connectivity index (χ3n) is 5.51. The minimum atomic E-state index is -0.359. The first-order chi connectivity index (χ1) is 19.6. The Kier molecular flexibility index (Phi) is 16.7. The molecular formula is C30H36O4S6. The third kappa shape index (κ3) is 13.7. The quantitative estimate of drug-likeness (QED) is 0.0922. The Morgan fingerprint density at radius 1 is 0.725 bits per heavy atom. The highest BCUT2D eigenvalue weighted by Crippen LogP contribution is 2.34. The summed E-state index contributed by atoms with van der Waals surface area (Å²) in [7, 11) is 0. The van der Waals surface area contributed by atoms with Gasteiger partial charge in [0.1, 0.15) is 12.2 Å². The van der Waals surface area contributed by atoms with Crippen LogP contribution in [0.15, 0.2) is 95.8 Å². The van der Waals surface area contributed by atoms with Crippen LogP contribution in [0.5, 0.6) is 0 Å². The summed E-state index contributed by atoms with van der Waals surface area (Å²) in [5.41, 5.74) is 0. The minimum absolute atomic E-state index is 0.144. The van der Waals surface area contributed by atoms with Crippen molar-refractivity contribution in [3.05, 3.63) is 86.0 Å². The van der Waals surface area contributed by atoms with Crippen molar-refractivity contribution in [1.82, 2.24) is 0 Å². The SMILES string of the molecule is C=CC(=O)OC(CSCC1CSC(CSCC(CSc2ccccc2)OC(=O)C=C)CS1)CSc1ccccc1. The molecule has 1 aliphatic rings. The molecule has 4 unspecified atom stereocenters. The molecule has 216 valence electrons. The smallest absolute Gasteiger partial charge is 0.330 e. The van der Waals surface area contributed by atoms with Crippen LogP contribution in [0.4, 0.5) is 0 Å². The molecule has 1 heterocycles. The van der Waals surface area contributed by atoms with Crippen LogP contribution in [-0.2, 0) is 19.1 Å². The number of thioether (sulfide) groups is 6. The standard InChI is InChI=1S/C30H36O4S6/c1-3-29(31)33-23(17-37-25-11-7-5-8-12-25)15-35-19-27-21-40-28(22-39-27)20-36-16-24(34-30(32)4-2)18-38-26-13-9-6-10-14-26/h3-14,23-24,27-28H,1-2,15-22H2. The number of esters is 2. The van der Waals surface area contributed by atoms with Crippen molar-refractivity contribution < 1.29 is 19.1 Å². The van der Waals surface area contributed by atoms with E-state index in [1.807, 2.05) is 83.4 Å². The van der Waals surface area contributed by atoms with E-state index in [0.29, 0.717) is 10.5 Å². The number of benzene rings is 2. The fourth-order valence-electron chi connectivity index (χ4n) is 3.51. The van der Waals surface area contributed by atoms with E-state index in [2.05, 4.69) is 37.4 Å². The fourth-order valence-corrected chi connectivity index (χ4v) is 11.7. The Bertz CT molecular complexity index is 948. The molecule has 4 atom stereocenters. The van der Waals surface area contributed by atoms with Gasteiger partial charge in [-0.15, -0.1) is 23.5 Å². The summed E-state index contributed by atoms with van der Waals surface area (Å²) >= 11 is 11.2. The molecule has 0 N–H and O–H groups in total. The highest BCUT2D eigenvalue weighted by molar-refractivity contribution is 8.09. The first-order valence-corrected chi connectivity index (χ1v) is 19.3. The highest BCUT2D eigenvalue weighted by atomic mass is 32.2. The van der Waals surface area contributed by atoms with Gasteiger partial charge >= 0.3 is 11.9 Å².